The Kier molecular flexibility index (Phi) is 2.02. The molecule has 0 aliphatic rings. The Hall–Kier alpha value is -5.98. The Balaban J connectivity index is 1.51. The van der Waals surface area contributed by atoms with Gasteiger partial charge in [-0.3, -0.25) is 0 Å². The van der Waals surface area contributed by atoms with E-state index >= 15 is 0 Å². The largest absolute Gasteiger partial charge is 0.0636 e. The summed E-state index contributed by atoms with van der Waals surface area (Å²) in [5.41, 5.74) is -2.94. The topological polar surface area (TPSA) is 0 Å². The zero-order valence-corrected chi connectivity index (χ0v) is 23.0. The van der Waals surface area contributed by atoms with E-state index in [1.54, 1.807) is 0 Å². The van der Waals surface area contributed by atoms with Crippen LogP contribution in [0.2, 0.25) is 0 Å². The molecule has 11 rings (SSSR count). The number of hydrogen-bond acceptors (Lipinski definition) is 0. The maximum absolute atomic E-state index is 10.3. The van der Waals surface area contributed by atoms with Gasteiger partial charge in [0, 0.05) is 0 Å². The zero-order chi connectivity index (χ0) is 52.6. The van der Waals surface area contributed by atoms with E-state index < -0.39 is 244 Å². The lowest BCUT2D eigenvalue weighted by Crippen LogP contribution is -1.91. The highest BCUT2D eigenvalue weighted by atomic mass is 14.2. The lowest BCUT2D eigenvalue weighted by Gasteiger charge is -2.19. The second-order valence-electron chi connectivity index (χ2n) is 10.8. The predicted octanol–water partition coefficient (Wildman–Crippen LogP) is 13.1. The highest BCUT2D eigenvalue weighted by molar-refractivity contribution is 6.28. The quantitative estimate of drug-likeness (QED) is 0.172. The van der Waals surface area contributed by atoms with E-state index in [1.807, 2.05) is 0 Å². The Morgan fingerprint density at radius 2 is 0.717 bits per heavy atom. The van der Waals surface area contributed by atoms with E-state index in [0.29, 0.717) is 0 Å². The van der Waals surface area contributed by atoms with Crippen LogP contribution in [0.4, 0.5) is 0 Å². The van der Waals surface area contributed by atoms with Gasteiger partial charge in [-0.2, -0.15) is 0 Å². The molecule has 0 heterocycles. The molecule has 0 amide bonds. The normalized spacial score (nSPS) is 20.3. The summed E-state index contributed by atoms with van der Waals surface area (Å²) in [6.07, 6.45) is 0. The summed E-state index contributed by atoms with van der Waals surface area (Å²) in [6.45, 7) is 0. The lowest BCUT2D eigenvalue weighted by molar-refractivity contribution is 1.68. The highest BCUT2D eigenvalue weighted by Crippen LogP contribution is 2.45. The first-order chi connectivity index (χ1) is 33.7. The molecule has 0 N–H and O–H groups in total. The van der Waals surface area contributed by atoms with Crippen molar-refractivity contribution >= 4 is 86.2 Å². The van der Waals surface area contributed by atoms with E-state index in [0.717, 1.165) is 0 Å². The Labute approximate surface area is 301 Å². The van der Waals surface area contributed by atoms with Gasteiger partial charge in [-0.25, -0.2) is 0 Å². The molecule has 0 saturated carbocycles. The van der Waals surface area contributed by atoms with Crippen molar-refractivity contribution in [1.82, 2.24) is 0 Å². The Bertz CT molecular complexity index is 4450. The molecule has 0 heteroatoms. The monoisotopic (exact) mass is 604 g/mol. The minimum atomic E-state index is -1.01. The summed E-state index contributed by atoms with van der Waals surface area (Å²) in [4.78, 5) is 0. The molecule has 0 aliphatic carbocycles. The van der Waals surface area contributed by atoms with Crippen molar-refractivity contribution in [2.24, 2.45) is 0 Å². The third-order valence-corrected chi connectivity index (χ3v) is 8.38. The molecule has 210 valence electrons. The molecule has 0 fully saturated rings. The third-order valence-electron chi connectivity index (χ3n) is 8.38. The third kappa shape index (κ3) is 3.18. The van der Waals surface area contributed by atoms with Crippen LogP contribution in [0.1, 0.15) is 35.6 Å². The van der Waals surface area contributed by atoms with E-state index in [9.17, 15) is 17.8 Å². The minimum absolute atomic E-state index is 0.298. The van der Waals surface area contributed by atoms with Crippen LogP contribution in [0.5, 0.6) is 0 Å². The maximum atomic E-state index is 10.3. The molecule has 0 spiro atoms. The van der Waals surface area contributed by atoms with Crippen LogP contribution >= 0.6 is 0 Å². The van der Waals surface area contributed by atoms with Crippen molar-refractivity contribution in [2.75, 3.05) is 0 Å². The van der Waals surface area contributed by atoms with Gasteiger partial charge >= 0.3 is 0 Å². The van der Waals surface area contributed by atoms with Crippen LogP contribution in [0, 0.1) is 0 Å². The average molecular weight is 605 g/mol. The SMILES string of the molecule is [2H]c1c([2H])c([2H])c2c(c1[2H])c([2H])c([2H])c1c(-c3c([2H])c([2H])c4c([2H])c([2H])c5c([2H])c([2H])c([2H])c6c([2H])c([2H])c3c4c56)c([2H])c(-c3c([2H])c([2H])c4c([2H])c([2H])c5c([2H])c([2H])c([2H])c6c([2H])c([2H])c3c4c56)c([2H])c12. The first kappa shape index (κ1) is 10.5. The number of hydrogen-bond donors (Lipinski definition) is 0. The Morgan fingerprint density at radius 1 is 0.261 bits per heavy atom. The van der Waals surface area contributed by atoms with Crippen molar-refractivity contribution in [3.8, 4) is 22.3 Å². The van der Waals surface area contributed by atoms with Gasteiger partial charge in [0.2, 0.25) is 0 Å². The van der Waals surface area contributed by atoms with Gasteiger partial charge in [-0.05, 0) is 121 Å². The number of rotatable bonds is 2. The summed E-state index contributed by atoms with van der Waals surface area (Å²) < 4.78 is 239. The summed E-state index contributed by atoms with van der Waals surface area (Å²) in [7, 11) is 0. The van der Waals surface area contributed by atoms with Crippen LogP contribution in [0.15, 0.2) is 157 Å². The molecular formula is C46H26. The van der Waals surface area contributed by atoms with Gasteiger partial charge in [-0.15, -0.1) is 0 Å². The molecule has 0 saturated heterocycles. The highest BCUT2D eigenvalue weighted by Gasteiger charge is 2.18. The fourth-order valence-corrected chi connectivity index (χ4v) is 6.38. The average Bonchev–Trinajstić information content (AvgIpc) is 3.33. The van der Waals surface area contributed by atoms with Crippen molar-refractivity contribution in [3.05, 3.63) is 157 Å². The van der Waals surface area contributed by atoms with Crippen LogP contribution in [0.25, 0.3) is 108 Å². The first-order valence-electron chi connectivity index (χ1n) is 27.0. The minimum Gasteiger partial charge on any atom is -0.0616 e. The van der Waals surface area contributed by atoms with Crippen LogP contribution in [-0.4, -0.2) is 0 Å². The van der Waals surface area contributed by atoms with Crippen molar-refractivity contribution in [2.45, 2.75) is 0 Å². The molecule has 0 atom stereocenters. The summed E-state index contributed by atoms with van der Waals surface area (Å²) >= 11 is 0. The lowest BCUT2D eigenvalue weighted by atomic mass is 9.85. The van der Waals surface area contributed by atoms with E-state index in [4.69, 9.17) is 17.8 Å². The molecule has 0 bridgehead atoms. The van der Waals surface area contributed by atoms with Gasteiger partial charge in [-0.1, -0.05) is 145 Å². The number of fused-ring (bicyclic) bond motifs is 3. The second kappa shape index (κ2) is 8.81. The predicted molar refractivity (Wildman–Crippen MR) is 200 cm³/mol. The summed E-state index contributed by atoms with van der Waals surface area (Å²) in [6, 6.07) is -21.4. The van der Waals surface area contributed by atoms with Gasteiger partial charge in [0.05, 0.1) is 35.6 Å². The molecular weight excluding hydrogens is 553 g/mol. The molecule has 46 heavy (non-hydrogen) atoms. The van der Waals surface area contributed by atoms with Crippen LogP contribution in [0.3, 0.4) is 0 Å². The first-order valence-corrected chi connectivity index (χ1v) is 14.0. The second-order valence-corrected chi connectivity index (χ2v) is 10.8. The van der Waals surface area contributed by atoms with E-state index in [1.165, 1.54) is 0 Å². The maximum Gasteiger partial charge on any atom is 0.0636 e. The molecule has 0 aromatic heterocycles. The van der Waals surface area contributed by atoms with Crippen molar-refractivity contribution in [3.63, 3.8) is 0 Å². The summed E-state index contributed by atoms with van der Waals surface area (Å²) in [5.74, 6) is 0. The molecule has 0 nitrogen and oxygen atoms in total. The van der Waals surface area contributed by atoms with E-state index in [2.05, 4.69) is 0 Å². The van der Waals surface area contributed by atoms with E-state index in [-0.39, 0.29) is 21.5 Å². The van der Waals surface area contributed by atoms with Crippen LogP contribution < -0.4 is 0 Å². The standard InChI is InChI=1S/C46H26/c1-2-10-35-27(5-1)15-21-38-41(35)25-34(36-20-16-32-13-11-28-6-3-8-30-18-23-39(36)45(32)43(28)30)26-42(38)37-22-17-33-14-12-29-7-4-9-31-19-24-40(37)46(33)44(29)31/h1-26H/i1D,2D,3D,4D,5D,6D,7D,8D,9D,10D,11D,12D,13D,14D,15D,16D,17D,18D,19D,20D,21D,22D,23D,24D,25D,26D. The fourth-order valence-electron chi connectivity index (χ4n) is 6.38. The molecule has 11 aromatic carbocycles. The molecule has 11 aromatic rings. The number of benzene rings is 11. The molecule has 0 aliphatic heterocycles. The van der Waals surface area contributed by atoms with Gasteiger partial charge in [0.1, 0.15) is 0 Å². The fraction of sp³-hybridized carbons (Fsp3) is 0. The summed E-state index contributed by atoms with van der Waals surface area (Å²) in [5, 5.41) is -7.58. The van der Waals surface area contributed by atoms with Gasteiger partial charge in [0.25, 0.3) is 0 Å². The van der Waals surface area contributed by atoms with Crippen molar-refractivity contribution < 1.29 is 35.6 Å². The Morgan fingerprint density at radius 3 is 1.37 bits per heavy atom. The zero-order valence-electron chi connectivity index (χ0n) is 49.0. The van der Waals surface area contributed by atoms with Gasteiger partial charge < -0.3 is 0 Å². The van der Waals surface area contributed by atoms with Crippen molar-refractivity contribution in [1.29, 1.82) is 0 Å². The molecule has 0 radical (unpaired) electrons. The van der Waals surface area contributed by atoms with Crippen LogP contribution in [-0.2, 0) is 0 Å². The smallest absolute Gasteiger partial charge is 0.0616 e. The van der Waals surface area contributed by atoms with Gasteiger partial charge in [0.15, 0.2) is 0 Å². The molecule has 0 unspecified atom stereocenters.